The Labute approximate surface area is 110 Å². The number of rotatable bonds is 4. The van der Waals surface area contributed by atoms with Crippen molar-refractivity contribution in [3.05, 3.63) is 45.6 Å². The average molecular weight is 329 g/mol. The molecule has 0 radical (unpaired) electrons. The minimum absolute atomic E-state index is 0.455. The lowest BCUT2D eigenvalue weighted by atomic mass is 10.1. The highest BCUT2D eigenvalue weighted by Crippen LogP contribution is 2.13. The first-order valence-corrected chi connectivity index (χ1v) is 6.11. The van der Waals surface area contributed by atoms with Crippen LogP contribution in [-0.4, -0.2) is 12.5 Å². The maximum Gasteiger partial charge on any atom is 0.189 e. The largest absolute Gasteiger partial charge is 0.370 e. The van der Waals surface area contributed by atoms with Crippen LogP contribution in [0.25, 0.3) is 0 Å². The van der Waals surface area contributed by atoms with Crippen LogP contribution in [0.4, 0.5) is 0 Å². The summed E-state index contributed by atoms with van der Waals surface area (Å²) in [5.74, 6) is 0.455. The van der Waals surface area contributed by atoms with Crippen LogP contribution >= 0.6 is 22.6 Å². The van der Waals surface area contributed by atoms with Crippen LogP contribution in [0.15, 0.2) is 35.8 Å². The monoisotopic (exact) mass is 329 g/mol. The third kappa shape index (κ3) is 4.22. The van der Waals surface area contributed by atoms with E-state index in [9.17, 15) is 0 Å². The maximum absolute atomic E-state index is 5.67. The fourth-order valence-corrected chi connectivity index (χ4v) is 1.55. The van der Waals surface area contributed by atoms with Gasteiger partial charge in [0.15, 0.2) is 5.96 Å². The summed E-state index contributed by atoms with van der Waals surface area (Å²) < 4.78 is 1.27. The molecule has 0 aliphatic rings. The van der Waals surface area contributed by atoms with E-state index in [1.165, 1.54) is 14.7 Å². The summed E-state index contributed by atoms with van der Waals surface area (Å²) in [6.45, 7) is 6.93. The van der Waals surface area contributed by atoms with Crippen molar-refractivity contribution in [2.24, 2.45) is 10.7 Å². The Morgan fingerprint density at radius 1 is 1.62 bits per heavy atom. The van der Waals surface area contributed by atoms with Gasteiger partial charge < -0.3 is 11.1 Å². The van der Waals surface area contributed by atoms with Gasteiger partial charge in [0, 0.05) is 10.1 Å². The summed E-state index contributed by atoms with van der Waals surface area (Å²) >= 11 is 2.32. The summed E-state index contributed by atoms with van der Waals surface area (Å²) in [7, 11) is 0. The van der Waals surface area contributed by atoms with Gasteiger partial charge in [0.05, 0.1) is 6.54 Å². The van der Waals surface area contributed by atoms with Gasteiger partial charge in [-0.2, -0.15) is 0 Å². The number of nitrogens with two attached hydrogens (primary N) is 1. The lowest BCUT2D eigenvalue weighted by Gasteiger charge is -2.04. The molecule has 3 nitrogen and oxygen atoms in total. The third-order valence-electron chi connectivity index (χ3n) is 2.08. The molecule has 0 heterocycles. The lowest BCUT2D eigenvalue weighted by molar-refractivity contribution is 0.968. The molecule has 4 heteroatoms. The molecular weight excluding hydrogens is 313 g/mol. The Hall–Kier alpha value is -1.04. The highest BCUT2D eigenvalue weighted by molar-refractivity contribution is 14.1. The topological polar surface area (TPSA) is 50.4 Å². The van der Waals surface area contributed by atoms with E-state index >= 15 is 0 Å². The molecule has 0 atom stereocenters. The van der Waals surface area contributed by atoms with E-state index in [-0.39, 0.29) is 0 Å². The van der Waals surface area contributed by atoms with E-state index in [0.29, 0.717) is 19.0 Å². The molecule has 0 fully saturated rings. The molecule has 16 heavy (non-hydrogen) atoms. The van der Waals surface area contributed by atoms with E-state index < -0.39 is 0 Å². The van der Waals surface area contributed by atoms with Crippen molar-refractivity contribution >= 4 is 28.6 Å². The van der Waals surface area contributed by atoms with E-state index in [2.05, 4.69) is 64.6 Å². The van der Waals surface area contributed by atoms with Crippen molar-refractivity contribution in [1.29, 1.82) is 0 Å². The second-order valence-electron chi connectivity index (χ2n) is 3.45. The zero-order valence-electron chi connectivity index (χ0n) is 9.33. The highest BCUT2D eigenvalue weighted by Gasteiger charge is 1.97. The lowest BCUT2D eigenvalue weighted by Crippen LogP contribution is -2.31. The molecule has 1 aromatic carbocycles. The van der Waals surface area contributed by atoms with Crippen molar-refractivity contribution in [2.75, 3.05) is 6.54 Å². The van der Waals surface area contributed by atoms with Gasteiger partial charge in [-0.25, -0.2) is 4.99 Å². The van der Waals surface area contributed by atoms with E-state index in [1.54, 1.807) is 6.08 Å². The van der Waals surface area contributed by atoms with Gasteiger partial charge in [-0.3, -0.25) is 0 Å². The van der Waals surface area contributed by atoms with Gasteiger partial charge in [-0.1, -0.05) is 18.2 Å². The minimum atomic E-state index is 0.455. The molecule has 0 aromatic heterocycles. The number of nitrogens with one attached hydrogen (secondary N) is 1. The van der Waals surface area contributed by atoms with Crippen LogP contribution in [0, 0.1) is 10.5 Å². The molecule has 0 unspecified atom stereocenters. The Bertz CT molecular complexity index is 399. The van der Waals surface area contributed by atoms with Gasteiger partial charge in [0.25, 0.3) is 0 Å². The summed E-state index contributed by atoms with van der Waals surface area (Å²) in [5.41, 5.74) is 8.10. The predicted molar refractivity (Wildman–Crippen MR) is 77.4 cm³/mol. The van der Waals surface area contributed by atoms with Crippen LogP contribution in [-0.2, 0) is 6.54 Å². The zero-order valence-corrected chi connectivity index (χ0v) is 11.5. The zero-order chi connectivity index (χ0) is 12.0. The molecule has 3 N–H and O–H groups in total. The summed E-state index contributed by atoms with van der Waals surface area (Å²) in [6, 6.07) is 6.29. The summed E-state index contributed by atoms with van der Waals surface area (Å²) in [4.78, 5) is 4.24. The van der Waals surface area contributed by atoms with Crippen LogP contribution in [0.3, 0.4) is 0 Å². The number of halogens is 1. The minimum Gasteiger partial charge on any atom is -0.370 e. The van der Waals surface area contributed by atoms with E-state index in [0.717, 1.165) is 0 Å². The fraction of sp³-hybridized carbons (Fsp3) is 0.250. The van der Waals surface area contributed by atoms with Crippen LogP contribution in [0.1, 0.15) is 11.1 Å². The van der Waals surface area contributed by atoms with Crippen molar-refractivity contribution in [2.45, 2.75) is 13.5 Å². The Balaban J connectivity index is 2.59. The molecule has 0 saturated carbocycles. The van der Waals surface area contributed by atoms with Gasteiger partial charge in [-0.15, -0.1) is 6.58 Å². The maximum atomic E-state index is 5.67. The first kappa shape index (κ1) is 13.0. The first-order valence-electron chi connectivity index (χ1n) is 5.03. The van der Waals surface area contributed by atoms with Gasteiger partial charge in [0.1, 0.15) is 0 Å². The second-order valence-corrected chi connectivity index (χ2v) is 4.62. The molecule has 1 rings (SSSR count). The number of benzene rings is 1. The van der Waals surface area contributed by atoms with Crippen molar-refractivity contribution in [3.63, 3.8) is 0 Å². The Kier molecular flexibility index (Phi) is 5.31. The molecule has 1 aromatic rings. The summed E-state index contributed by atoms with van der Waals surface area (Å²) in [5, 5.41) is 2.94. The number of guanidine groups is 1. The molecular formula is C12H16IN3. The molecule has 0 saturated heterocycles. The van der Waals surface area contributed by atoms with Crippen molar-refractivity contribution < 1.29 is 0 Å². The quantitative estimate of drug-likeness (QED) is 0.385. The van der Waals surface area contributed by atoms with Crippen LogP contribution < -0.4 is 11.1 Å². The van der Waals surface area contributed by atoms with E-state index in [4.69, 9.17) is 5.73 Å². The molecule has 86 valence electrons. The standard InChI is InChI=1S/C12H16IN3/c1-3-6-15-12(14)16-8-10-4-5-11(13)9(2)7-10/h3-5,7H,1,6,8H2,2H3,(H3,14,15,16). The van der Waals surface area contributed by atoms with E-state index in [1.807, 2.05) is 0 Å². The first-order chi connectivity index (χ1) is 7.63. The van der Waals surface area contributed by atoms with Gasteiger partial charge in [0.2, 0.25) is 0 Å². The second kappa shape index (κ2) is 6.52. The number of nitrogens with zero attached hydrogens (tertiary/aromatic N) is 1. The van der Waals surface area contributed by atoms with Crippen LogP contribution in [0.2, 0.25) is 0 Å². The molecule has 0 bridgehead atoms. The Morgan fingerprint density at radius 2 is 2.38 bits per heavy atom. The number of aryl methyl sites for hydroxylation is 1. The van der Waals surface area contributed by atoms with Gasteiger partial charge in [-0.05, 0) is 46.7 Å². The third-order valence-corrected chi connectivity index (χ3v) is 3.29. The van der Waals surface area contributed by atoms with Crippen molar-refractivity contribution in [1.82, 2.24) is 5.32 Å². The Morgan fingerprint density at radius 3 is 3.00 bits per heavy atom. The summed E-state index contributed by atoms with van der Waals surface area (Å²) in [6.07, 6.45) is 1.75. The molecule has 0 amide bonds. The fourth-order valence-electron chi connectivity index (χ4n) is 1.21. The SMILES string of the molecule is C=CCNC(N)=NCc1ccc(I)c(C)c1. The number of hydrogen-bond donors (Lipinski definition) is 2. The van der Waals surface area contributed by atoms with Crippen LogP contribution in [0.5, 0.6) is 0 Å². The molecule has 0 aliphatic heterocycles. The number of aliphatic imine (C=N–C) groups is 1. The average Bonchev–Trinajstić information content (AvgIpc) is 2.28. The highest BCUT2D eigenvalue weighted by atomic mass is 127. The molecule has 0 spiro atoms. The molecule has 0 aliphatic carbocycles. The normalized spacial score (nSPS) is 11.2. The number of hydrogen-bond acceptors (Lipinski definition) is 1. The predicted octanol–water partition coefficient (Wildman–Crippen LogP) is 2.19. The van der Waals surface area contributed by atoms with Gasteiger partial charge >= 0.3 is 0 Å². The smallest absolute Gasteiger partial charge is 0.189 e. The van der Waals surface area contributed by atoms with Crippen molar-refractivity contribution in [3.8, 4) is 0 Å².